The topological polar surface area (TPSA) is 47.6 Å². The first-order valence-corrected chi connectivity index (χ1v) is 8.64. The third-order valence-corrected chi connectivity index (χ3v) is 4.08. The van der Waals surface area contributed by atoms with Gasteiger partial charge < -0.3 is 14.8 Å². The molecule has 0 spiro atoms. The third-order valence-electron chi connectivity index (χ3n) is 4.08. The van der Waals surface area contributed by atoms with Crippen molar-refractivity contribution in [2.24, 2.45) is 0 Å². The van der Waals surface area contributed by atoms with Gasteiger partial charge in [0.25, 0.3) is 5.91 Å². The summed E-state index contributed by atoms with van der Waals surface area (Å²) in [5.41, 5.74) is 3.42. The van der Waals surface area contributed by atoms with Crippen LogP contribution >= 0.6 is 0 Å². The van der Waals surface area contributed by atoms with E-state index in [1.54, 1.807) is 14.0 Å². The molecule has 25 heavy (non-hydrogen) atoms. The SMILES string of the molecule is COc1cccc(CCCNC(=O)[C@H](C)Oc2ccc(C)cc2C)c1. The van der Waals surface area contributed by atoms with Crippen molar-refractivity contribution in [2.45, 2.75) is 39.7 Å². The molecular formula is C21H27NO3. The molecule has 0 radical (unpaired) electrons. The van der Waals surface area contributed by atoms with E-state index in [0.717, 1.165) is 29.9 Å². The molecule has 2 rings (SSSR count). The molecule has 0 aliphatic heterocycles. The van der Waals surface area contributed by atoms with Gasteiger partial charge in [-0.05, 0) is 62.9 Å². The number of nitrogens with one attached hydrogen (secondary N) is 1. The van der Waals surface area contributed by atoms with Crippen LogP contribution in [0.4, 0.5) is 0 Å². The summed E-state index contributed by atoms with van der Waals surface area (Å²) in [5.74, 6) is 1.52. The lowest BCUT2D eigenvalue weighted by Gasteiger charge is -2.16. The summed E-state index contributed by atoms with van der Waals surface area (Å²) in [7, 11) is 1.66. The summed E-state index contributed by atoms with van der Waals surface area (Å²) < 4.78 is 11.0. The highest BCUT2D eigenvalue weighted by atomic mass is 16.5. The van der Waals surface area contributed by atoms with E-state index in [4.69, 9.17) is 9.47 Å². The van der Waals surface area contributed by atoms with Crippen molar-refractivity contribution in [3.05, 3.63) is 59.2 Å². The highest BCUT2D eigenvalue weighted by molar-refractivity contribution is 5.80. The summed E-state index contributed by atoms with van der Waals surface area (Å²) >= 11 is 0. The van der Waals surface area contributed by atoms with E-state index >= 15 is 0 Å². The molecule has 4 heteroatoms. The van der Waals surface area contributed by atoms with Crippen LogP contribution in [-0.2, 0) is 11.2 Å². The van der Waals surface area contributed by atoms with Crippen LogP contribution in [0.5, 0.6) is 11.5 Å². The van der Waals surface area contributed by atoms with E-state index in [-0.39, 0.29) is 5.91 Å². The Hall–Kier alpha value is -2.49. The van der Waals surface area contributed by atoms with Gasteiger partial charge in [-0.3, -0.25) is 4.79 Å². The molecule has 1 atom stereocenters. The van der Waals surface area contributed by atoms with E-state index in [0.29, 0.717) is 6.54 Å². The maximum atomic E-state index is 12.2. The van der Waals surface area contributed by atoms with Crippen molar-refractivity contribution in [1.82, 2.24) is 5.32 Å². The van der Waals surface area contributed by atoms with Crippen LogP contribution in [0.25, 0.3) is 0 Å². The Bertz CT molecular complexity index is 712. The second-order valence-electron chi connectivity index (χ2n) is 6.28. The number of amides is 1. The molecule has 4 nitrogen and oxygen atoms in total. The van der Waals surface area contributed by atoms with Gasteiger partial charge in [-0.25, -0.2) is 0 Å². The predicted octanol–water partition coefficient (Wildman–Crippen LogP) is 3.83. The standard InChI is InChI=1S/C21H27NO3/c1-15-10-11-20(16(2)13-15)25-17(3)21(23)22-12-6-8-18-7-5-9-19(14-18)24-4/h5,7,9-11,13-14,17H,6,8,12H2,1-4H3,(H,22,23)/t17-/m0/s1. The summed E-state index contributed by atoms with van der Waals surface area (Å²) in [5, 5.41) is 2.94. The van der Waals surface area contributed by atoms with Gasteiger partial charge in [-0.2, -0.15) is 0 Å². The maximum absolute atomic E-state index is 12.2. The van der Waals surface area contributed by atoms with Crippen LogP contribution in [0.3, 0.4) is 0 Å². The normalized spacial score (nSPS) is 11.7. The fourth-order valence-electron chi connectivity index (χ4n) is 2.65. The molecule has 0 saturated heterocycles. The maximum Gasteiger partial charge on any atom is 0.260 e. The average Bonchev–Trinajstić information content (AvgIpc) is 2.61. The Balaban J connectivity index is 1.75. The van der Waals surface area contributed by atoms with Gasteiger partial charge in [-0.15, -0.1) is 0 Å². The minimum Gasteiger partial charge on any atom is -0.497 e. The quantitative estimate of drug-likeness (QED) is 0.742. The molecule has 2 aromatic rings. The van der Waals surface area contributed by atoms with Gasteiger partial charge in [0.2, 0.25) is 0 Å². The van der Waals surface area contributed by atoms with Crippen molar-refractivity contribution in [3.8, 4) is 11.5 Å². The van der Waals surface area contributed by atoms with Crippen LogP contribution in [-0.4, -0.2) is 25.7 Å². The summed E-state index contributed by atoms with van der Waals surface area (Å²) in [4.78, 5) is 12.2. The Morgan fingerprint density at radius 1 is 1.16 bits per heavy atom. The molecule has 1 N–H and O–H groups in total. The minimum absolute atomic E-state index is 0.0920. The molecule has 0 aliphatic rings. The molecule has 2 aromatic carbocycles. The number of rotatable bonds is 8. The third kappa shape index (κ3) is 5.82. The van der Waals surface area contributed by atoms with Crippen LogP contribution < -0.4 is 14.8 Å². The van der Waals surface area contributed by atoms with Gasteiger partial charge in [0.05, 0.1) is 7.11 Å². The lowest BCUT2D eigenvalue weighted by molar-refractivity contribution is -0.127. The van der Waals surface area contributed by atoms with Crippen molar-refractivity contribution in [3.63, 3.8) is 0 Å². The van der Waals surface area contributed by atoms with E-state index in [2.05, 4.69) is 11.4 Å². The summed E-state index contributed by atoms with van der Waals surface area (Å²) in [6.45, 7) is 6.42. The Morgan fingerprint density at radius 3 is 2.68 bits per heavy atom. The lowest BCUT2D eigenvalue weighted by atomic mass is 10.1. The molecule has 0 heterocycles. The Morgan fingerprint density at radius 2 is 1.96 bits per heavy atom. The summed E-state index contributed by atoms with van der Waals surface area (Å²) in [6.07, 6.45) is 1.25. The highest BCUT2D eigenvalue weighted by Gasteiger charge is 2.15. The molecule has 0 aromatic heterocycles. The first-order valence-electron chi connectivity index (χ1n) is 8.64. The zero-order valence-corrected chi connectivity index (χ0v) is 15.5. The molecule has 0 unspecified atom stereocenters. The molecule has 0 aliphatic carbocycles. The average molecular weight is 341 g/mol. The summed E-state index contributed by atoms with van der Waals surface area (Å²) in [6, 6.07) is 13.9. The fourth-order valence-corrected chi connectivity index (χ4v) is 2.65. The van der Waals surface area contributed by atoms with Crippen molar-refractivity contribution in [2.75, 3.05) is 13.7 Å². The first kappa shape index (κ1) is 18.8. The van der Waals surface area contributed by atoms with E-state index in [1.807, 2.05) is 50.2 Å². The van der Waals surface area contributed by atoms with Gasteiger partial charge >= 0.3 is 0 Å². The molecular weight excluding hydrogens is 314 g/mol. The van der Waals surface area contributed by atoms with E-state index < -0.39 is 6.10 Å². The lowest BCUT2D eigenvalue weighted by Crippen LogP contribution is -2.37. The zero-order valence-electron chi connectivity index (χ0n) is 15.5. The second-order valence-corrected chi connectivity index (χ2v) is 6.28. The van der Waals surface area contributed by atoms with Crippen LogP contribution in [0.2, 0.25) is 0 Å². The van der Waals surface area contributed by atoms with Gasteiger partial charge in [0.15, 0.2) is 6.10 Å². The van der Waals surface area contributed by atoms with Gasteiger partial charge in [0, 0.05) is 6.54 Å². The number of benzene rings is 2. The Kier molecular flexibility index (Phi) is 6.87. The molecule has 0 saturated carbocycles. The number of ether oxygens (including phenoxy) is 2. The van der Waals surface area contributed by atoms with Crippen LogP contribution in [0.15, 0.2) is 42.5 Å². The monoisotopic (exact) mass is 341 g/mol. The number of carbonyl (C=O) groups excluding carboxylic acids is 1. The number of hydrogen-bond acceptors (Lipinski definition) is 3. The van der Waals surface area contributed by atoms with Crippen LogP contribution in [0, 0.1) is 13.8 Å². The number of aryl methyl sites for hydroxylation is 3. The number of hydrogen-bond donors (Lipinski definition) is 1. The molecule has 0 bridgehead atoms. The predicted molar refractivity (Wildman–Crippen MR) is 100 cm³/mol. The molecule has 0 fully saturated rings. The minimum atomic E-state index is -0.516. The molecule has 134 valence electrons. The number of methoxy groups -OCH3 is 1. The van der Waals surface area contributed by atoms with Gasteiger partial charge in [0.1, 0.15) is 11.5 Å². The Labute approximate surface area is 150 Å². The van der Waals surface area contributed by atoms with Crippen molar-refractivity contribution < 1.29 is 14.3 Å². The largest absolute Gasteiger partial charge is 0.497 e. The van der Waals surface area contributed by atoms with Crippen molar-refractivity contribution >= 4 is 5.91 Å². The molecule has 1 amide bonds. The van der Waals surface area contributed by atoms with Gasteiger partial charge in [-0.1, -0.05) is 29.8 Å². The smallest absolute Gasteiger partial charge is 0.260 e. The number of carbonyl (C=O) groups is 1. The fraction of sp³-hybridized carbons (Fsp3) is 0.381. The van der Waals surface area contributed by atoms with E-state index in [1.165, 1.54) is 11.1 Å². The van der Waals surface area contributed by atoms with Crippen LogP contribution in [0.1, 0.15) is 30.0 Å². The van der Waals surface area contributed by atoms with E-state index in [9.17, 15) is 4.79 Å². The van der Waals surface area contributed by atoms with Crippen molar-refractivity contribution in [1.29, 1.82) is 0 Å². The highest BCUT2D eigenvalue weighted by Crippen LogP contribution is 2.20. The second kappa shape index (κ2) is 9.11. The first-order chi connectivity index (χ1) is 12.0. The zero-order chi connectivity index (χ0) is 18.2.